The zero-order chi connectivity index (χ0) is 31.2. The van der Waals surface area contributed by atoms with Gasteiger partial charge in [0.1, 0.15) is 23.9 Å². The number of phenols is 1. The van der Waals surface area contributed by atoms with Crippen molar-refractivity contribution in [2.24, 2.45) is 28.1 Å². The lowest BCUT2D eigenvalue weighted by Crippen LogP contribution is -2.58. The van der Waals surface area contributed by atoms with Gasteiger partial charge in [-0.05, 0) is 48.4 Å². The molecule has 0 saturated heterocycles. The summed E-state index contributed by atoms with van der Waals surface area (Å²) in [6.45, 7) is 3.49. The molecule has 2 rings (SSSR count). The smallest absolute Gasteiger partial charge is 0.326 e. The number of aromatic hydroxyl groups is 1. The molecule has 0 aliphatic heterocycles. The third-order valence-electron chi connectivity index (χ3n) is 6.45. The van der Waals surface area contributed by atoms with E-state index in [0.29, 0.717) is 12.0 Å². The standard InChI is InChI=1S/C29H41N7O6/c1-17(2)24(28(41)42)36-27(40)23(16-19-10-12-20(37)13-11-19)35-26(39)22(9-6-14-33-29(31)32)34-25(38)21(30)15-18-7-4-3-5-8-18/h3-5,7-8,10-13,17,21-24,37H,6,9,14-16,30H2,1-2H3,(H,34,38)(H,35,39)(H,36,40)(H,41,42)(H4,31,32,33). The van der Waals surface area contributed by atoms with Crippen LogP contribution in [0.3, 0.4) is 0 Å². The fourth-order valence-electron chi connectivity index (χ4n) is 4.13. The first-order valence-corrected chi connectivity index (χ1v) is 13.6. The van der Waals surface area contributed by atoms with E-state index in [1.165, 1.54) is 12.1 Å². The predicted octanol–water partition coefficient (Wildman–Crippen LogP) is -0.247. The van der Waals surface area contributed by atoms with Gasteiger partial charge in [0.2, 0.25) is 17.7 Å². The molecule has 13 nitrogen and oxygen atoms in total. The van der Waals surface area contributed by atoms with Crippen LogP contribution in [0.5, 0.6) is 5.75 Å². The molecule has 0 spiro atoms. The summed E-state index contributed by atoms with van der Waals surface area (Å²) in [7, 11) is 0. The van der Waals surface area contributed by atoms with E-state index in [0.717, 1.165) is 5.56 Å². The molecule has 0 aliphatic carbocycles. The van der Waals surface area contributed by atoms with Crippen LogP contribution < -0.4 is 33.2 Å². The molecule has 2 aromatic carbocycles. The van der Waals surface area contributed by atoms with Gasteiger partial charge in [-0.25, -0.2) is 4.79 Å². The van der Waals surface area contributed by atoms with Gasteiger partial charge in [0.15, 0.2) is 5.96 Å². The zero-order valence-corrected chi connectivity index (χ0v) is 23.8. The van der Waals surface area contributed by atoms with Gasteiger partial charge in [-0.15, -0.1) is 0 Å². The van der Waals surface area contributed by atoms with Crippen molar-refractivity contribution in [2.45, 2.75) is 63.7 Å². The molecule has 13 heteroatoms. The topological polar surface area (TPSA) is 235 Å². The molecule has 11 N–H and O–H groups in total. The van der Waals surface area contributed by atoms with Gasteiger partial charge in [0, 0.05) is 13.0 Å². The molecule has 4 unspecified atom stereocenters. The maximum atomic E-state index is 13.5. The number of rotatable bonds is 16. The molecule has 42 heavy (non-hydrogen) atoms. The number of nitrogens with two attached hydrogens (primary N) is 3. The van der Waals surface area contributed by atoms with E-state index in [4.69, 9.17) is 17.2 Å². The highest BCUT2D eigenvalue weighted by Crippen LogP contribution is 2.13. The summed E-state index contributed by atoms with van der Waals surface area (Å²) in [6, 6.07) is 10.8. The monoisotopic (exact) mass is 583 g/mol. The summed E-state index contributed by atoms with van der Waals surface area (Å²) >= 11 is 0. The summed E-state index contributed by atoms with van der Waals surface area (Å²) in [6.07, 6.45) is 0.689. The van der Waals surface area contributed by atoms with Crippen molar-refractivity contribution in [1.82, 2.24) is 16.0 Å². The van der Waals surface area contributed by atoms with Gasteiger partial charge in [0.05, 0.1) is 6.04 Å². The molecule has 0 fully saturated rings. The second-order valence-corrected chi connectivity index (χ2v) is 10.3. The molecular weight excluding hydrogens is 542 g/mol. The largest absolute Gasteiger partial charge is 0.508 e. The van der Waals surface area contributed by atoms with Gasteiger partial charge >= 0.3 is 5.97 Å². The Morgan fingerprint density at radius 2 is 1.38 bits per heavy atom. The van der Waals surface area contributed by atoms with Crippen molar-refractivity contribution < 1.29 is 29.4 Å². The molecule has 3 amide bonds. The minimum Gasteiger partial charge on any atom is -0.508 e. The Bertz CT molecular complexity index is 1220. The quantitative estimate of drug-likeness (QED) is 0.0738. The number of phenolic OH excluding ortho intramolecular Hbond substituents is 1. The number of guanidine groups is 1. The van der Waals surface area contributed by atoms with Crippen LogP contribution in [-0.4, -0.2) is 70.6 Å². The Morgan fingerprint density at radius 1 is 0.810 bits per heavy atom. The Balaban J connectivity index is 2.26. The fraction of sp³-hybridized carbons (Fsp3) is 0.414. The number of hydrogen-bond acceptors (Lipinski definition) is 7. The Hall–Kier alpha value is -4.65. The third kappa shape index (κ3) is 11.5. The molecule has 4 atom stereocenters. The van der Waals surface area contributed by atoms with Crippen molar-refractivity contribution in [3.8, 4) is 5.75 Å². The van der Waals surface area contributed by atoms with Crippen molar-refractivity contribution in [1.29, 1.82) is 0 Å². The van der Waals surface area contributed by atoms with Crippen LogP contribution in [0, 0.1) is 5.92 Å². The lowest BCUT2D eigenvalue weighted by Gasteiger charge is -2.26. The van der Waals surface area contributed by atoms with Crippen molar-refractivity contribution >= 4 is 29.7 Å². The first-order valence-electron chi connectivity index (χ1n) is 13.6. The van der Waals surface area contributed by atoms with Crippen LogP contribution in [-0.2, 0) is 32.0 Å². The number of carbonyl (C=O) groups excluding carboxylic acids is 3. The van der Waals surface area contributed by atoms with E-state index >= 15 is 0 Å². The highest BCUT2D eigenvalue weighted by Gasteiger charge is 2.31. The predicted molar refractivity (Wildman–Crippen MR) is 158 cm³/mol. The fourth-order valence-corrected chi connectivity index (χ4v) is 4.13. The van der Waals surface area contributed by atoms with Crippen LogP contribution in [0.25, 0.3) is 0 Å². The van der Waals surface area contributed by atoms with E-state index < -0.39 is 53.8 Å². The molecular formula is C29H41N7O6. The summed E-state index contributed by atoms with van der Waals surface area (Å²) in [5, 5.41) is 27.0. The van der Waals surface area contributed by atoms with Gasteiger partial charge in [0.25, 0.3) is 0 Å². The van der Waals surface area contributed by atoms with Crippen LogP contribution in [0.2, 0.25) is 0 Å². The van der Waals surface area contributed by atoms with Crippen LogP contribution >= 0.6 is 0 Å². The Kier molecular flexibility index (Phi) is 13.2. The minimum absolute atomic E-state index is 0.00945. The SMILES string of the molecule is CC(C)C(NC(=O)C(Cc1ccc(O)cc1)NC(=O)C(CCCN=C(N)N)NC(=O)C(N)Cc1ccccc1)C(=O)O. The van der Waals surface area contributed by atoms with Gasteiger partial charge < -0.3 is 43.4 Å². The molecule has 0 aromatic heterocycles. The first kappa shape index (κ1) is 33.6. The van der Waals surface area contributed by atoms with E-state index in [1.807, 2.05) is 30.3 Å². The maximum Gasteiger partial charge on any atom is 0.326 e. The molecule has 228 valence electrons. The molecule has 0 saturated carbocycles. The first-order chi connectivity index (χ1) is 19.9. The van der Waals surface area contributed by atoms with E-state index in [-0.39, 0.29) is 37.5 Å². The summed E-state index contributed by atoms with van der Waals surface area (Å²) in [4.78, 5) is 55.4. The van der Waals surface area contributed by atoms with Crippen LogP contribution in [0.15, 0.2) is 59.6 Å². The number of carboxylic acid groups (broad SMARTS) is 1. The van der Waals surface area contributed by atoms with Crippen molar-refractivity contribution in [2.75, 3.05) is 6.54 Å². The third-order valence-corrected chi connectivity index (χ3v) is 6.45. The highest BCUT2D eigenvalue weighted by atomic mass is 16.4. The van der Waals surface area contributed by atoms with E-state index in [1.54, 1.807) is 26.0 Å². The minimum atomic E-state index is -1.22. The van der Waals surface area contributed by atoms with Gasteiger partial charge in [-0.2, -0.15) is 0 Å². The molecule has 0 aliphatic rings. The lowest BCUT2D eigenvalue weighted by atomic mass is 10.0. The van der Waals surface area contributed by atoms with E-state index in [9.17, 15) is 29.4 Å². The average molecular weight is 584 g/mol. The zero-order valence-electron chi connectivity index (χ0n) is 23.8. The van der Waals surface area contributed by atoms with Crippen LogP contribution in [0.1, 0.15) is 37.8 Å². The van der Waals surface area contributed by atoms with Crippen molar-refractivity contribution in [3.05, 3.63) is 65.7 Å². The number of carboxylic acids is 1. The number of hydrogen-bond donors (Lipinski definition) is 8. The Morgan fingerprint density at radius 3 is 1.95 bits per heavy atom. The molecule has 0 radical (unpaired) electrons. The number of benzene rings is 2. The number of aliphatic carboxylic acids is 1. The molecule has 0 bridgehead atoms. The number of nitrogens with one attached hydrogen (secondary N) is 3. The highest BCUT2D eigenvalue weighted by molar-refractivity contribution is 5.94. The second kappa shape index (κ2) is 16.6. The van der Waals surface area contributed by atoms with Crippen molar-refractivity contribution in [3.63, 3.8) is 0 Å². The van der Waals surface area contributed by atoms with Crippen LogP contribution in [0.4, 0.5) is 0 Å². The Labute approximate surface area is 244 Å². The number of aliphatic imine (C=N–C) groups is 1. The molecule has 2 aromatic rings. The van der Waals surface area contributed by atoms with Gasteiger partial charge in [-0.1, -0.05) is 56.3 Å². The normalized spacial score (nSPS) is 13.7. The summed E-state index contributed by atoms with van der Waals surface area (Å²) < 4.78 is 0. The van der Waals surface area contributed by atoms with E-state index in [2.05, 4.69) is 20.9 Å². The number of amides is 3. The maximum absolute atomic E-state index is 13.5. The van der Waals surface area contributed by atoms with Gasteiger partial charge in [-0.3, -0.25) is 19.4 Å². The second-order valence-electron chi connectivity index (χ2n) is 10.3. The summed E-state index contributed by atoms with van der Waals surface area (Å²) in [5.74, 6) is -3.69. The number of nitrogens with zero attached hydrogens (tertiary/aromatic N) is 1. The summed E-state index contributed by atoms with van der Waals surface area (Å²) in [5.41, 5.74) is 18.3. The average Bonchev–Trinajstić information content (AvgIpc) is 2.93. The molecule has 0 heterocycles. The lowest BCUT2D eigenvalue weighted by molar-refractivity contribution is -0.143. The number of carbonyl (C=O) groups is 4.